The Hall–Kier alpha value is -4.92. The number of ether oxygens (including phenoxy) is 5. The summed E-state index contributed by atoms with van der Waals surface area (Å²) in [7, 11) is 5.15. The number of rotatable bonds is 30. The standard InChI is InChI=1S/C16H25N2O6P.C16H25N2O5PS.C15H26N3O5P.C15H26N3O4PS.C15H25N3O4PSe/c1-9(19)7-10-8-18(16(23)17-14(10)22)15-13(21)12(20)11(24-15)5-6-25(2,3)4;1-9(19)7-10-8-18(16(25)17-14(10)22)15-13(21)12(20)11(23-15)5-6-24(2,3)4;1-16-7-9-8-18(15(22)17-13(9)21)14-12(20)11(19)10(23-14)5-6-24(2,3)4;2*1-16-7-9-8-18(15(24)17-13(9)21)14-12(20)11(19)10(22-14)5-6-23(2,3)4/h8,11-13,15,20-21H,2,5-7H2,1,3-4H3,(H,17,22,23);8,11-13,15,20-21H,2,5-7H2,1,3-4H3,(H,17,22,25);8,10-12,14,16,19-20H,2,5-7H2,1,3-4H3,(H,17,21,22);8,10-12,14,16,19-20H,2,5-7H2,1,3-4H3,(H,17,21,24);8,10-12,14,16,19-20H,2,5-7H2,1,3-4H3/t2*11-,12-,13-,15-;3*10-,11-,12-,14-/m11111/s1. The number of carbonyl (C=O) groups is 2. The van der Waals surface area contributed by atoms with Crippen LogP contribution in [0, 0.1) is 9.54 Å². The predicted molar refractivity (Wildman–Crippen MR) is 492 cm³/mol. The van der Waals surface area contributed by atoms with E-state index in [-0.39, 0.29) is 62.7 Å². The van der Waals surface area contributed by atoms with Gasteiger partial charge in [-0.1, -0.05) is 0 Å². The molecular weight excluding hydrogens is 1790 g/mol. The molecule has 10 heterocycles. The van der Waals surface area contributed by atoms with Crippen LogP contribution in [0.1, 0.15) is 105 Å². The first-order valence-electron chi connectivity index (χ1n) is 39.4. The number of hydrogen-bond acceptors (Lipinski definition) is 30. The Morgan fingerprint density at radius 3 is 0.885 bits per heavy atom. The molecular formula is C77H127N13O24P5S2Se. The summed E-state index contributed by atoms with van der Waals surface area (Å²) in [6.07, 6.45) is 16.1. The van der Waals surface area contributed by atoms with Gasteiger partial charge in [-0.05, 0) is 156 Å². The van der Waals surface area contributed by atoms with Gasteiger partial charge in [-0.15, -0.1) is 52.7 Å². The number of H-pyrrole nitrogens is 4. The Bertz CT molecular complexity index is 5020. The number of nitrogens with zero attached hydrogens (tertiary/aromatic N) is 6. The summed E-state index contributed by atoms with van der Waals surface area (Å²) in [5.41, 5.74) is -2.00. The van der Waals surface area contributed by atoms with Gasteiger partial charge in [0.15, 0.2) is 34.5 Å². The molecule has 0 aliphatic carbocycles. The maximum atomic E-state index is 12.1. The molecule has 0 amide bonds. The average molecular weight is 1920 g/mol. The number of aliphatic hydroxyl groups excluding tert-OH is 10. The van der Waals surface area contributed by atoms with Gasteiger partial charge in [0.2, 0.25) is 0 Å². The molecule has 122 heavy (non-hydrogen) atoms. The first-order chi connectivity index (χ1) is 56.4. The van der Waals surface area contributed by atoms with E-state index in [1.807, 2.05) is 0 Å². The van der Waals surface area contributed by atoms with Crippen LogP contribution in [0.3, 0.4) is 0 Å². The normalized spacial score (nSPS) is 27.2. The van der Waals surface area contributed by atoms with E-state index in [9.17, 15) is 94.2 Å². The third-order valence-corrected chi connectivity index (χ3v) is 28.9. The number of nitrogens with one attached hydrogen (secondary N) is 7. The van der Waals surface area contributed by atoms with Crippen molar-refractivity contribution in [3.63, 3.8) is 0 Å². The molecule has 5 saturated heterocycles. The van der Waals surface area contributed by atoms with E-state index in [1.165, 1.54) is 41.6 Å². The van der Waals surface area contributed by atoms with Gasteiger partial charge in [-0.2, -0.15) is 0 Å². The topological polar surface area (TPSA) is 539 Å². The summed E-state index contributed by atoms with van der Waals surface area (Å²) in [6, 6.07) is 0. The fraction of sp³-hybridized carbons (Fsp3) is 0.649. The van der Waals surface area contributed by atoms with E-state index in [0.29, 0.717) is 66.6 Å². The molecule has 0 aromatic carbocycles. The van der Waals surface area contributed by atoms with Gasteiger partial charge < -0.3 is 70.4 Å². The Kier molecular flexibility index (Phi) is 39.4. The molecule has 5 aliphatic heterocycles. The van der Waals surface area contributed by atoms with E-state index < -0.39 is 185 Å². The molecule has 17 N–H and O–H groups in total. The van der Waals surface area contributed by atoms with Gasteiger partial charge in [-0.3, -0.25) is 67.0 Å². The molecule has 1 radical (unpaired) electrons. The molecule has 0 unspecified atom stereocenters. The van der Waals surface area contributed by atoms with Crippen molar-refractivity contribution in [1.82, 2.24) is 63.7 Å². The van der Waals surface area contributed by atoms with Gasteiger partial charge in [-0.25, -0.2) is 9.59 Å². The van der Waals surface area contributed by atoms with Gasteiger partial charge in [0.1, 0.15) is 60.4 Å². The molecule has 687 valence electrons. The van der Waals surface area contributed by atoms with Crippen molar-refractivity contribution in [2.24, 2.45) is 0 Å². The Morgan fingerprint density at radius 2 is 0.607 bits per heavy atom. The predicted octanol–water partition coefficient (Wildman–Crippen LogP) is -2.06. The quantitative estimate of drug-likeness (QED) is 0.0133. The third-order valence-electron chi connectivity index (χ3n) is 20.3. The summed E-state index contributed by atoms with van der Waals surface area (Å²) in [5.74, 6) is -0.398. The average Bonchev–Trinajstić information content (AvgIpc) is 1.73. The second-order valence-electron chi connectivity index (χ2n) is 34.9. The van der Waals surface area contributed by atoms with Crippen molar-refractivity contribution < 1.29 is 84.3 Å². The zero-order chi connectivity index (χ0) is 92.1. The Labute approximate surface area is 727 Å². The summed E-state index contributed by atoms with van der Waals surface area (Å²) in [6.45, 7) is 18.3. The molecule has 0 spiro atoms. The van der Waals surface area contributed by atoms with Crippen molar-refractivity contribution >= 4 is 123 Å². The first kappa shape index (κ1) is 106. The van der Waals surface area contributed by atoms with Gasteiger partial charge in [0.05, 0.1) is 24.4 Å². The third kappa shape index (κ3) is 30.4. The summed E-state index contributed by atoms with van der Waals surface area (Å²) < 4.78 is 36.2. The number of ketones is 2. The maximum absolute atomic E-state index is 12.1. The molecule has 5 fully saturated rings. The number of aromatic nitrogens is 10. The minimum absolute atomic E-state index is 0.0417. The molecule has 20 atom stereocenters. The van der Waals surface area contributed by atoms with Crippen LogP contribution < -0.4 is 59.8 Å². The second kappa shape index (κ2) is 45.4. The van der Waals surface area contributed by atoms with Crippen molar-refractivity contribution in [2.45, 2.75) is 201 Å². The zero-order valence-corrected chi connectivity index (χ0v) is 79.7. The van der Waals surface area contributed by atoms with Crippen LogP contribution in [0.5, 0.6) is 0 Å². The Morgan fingerprint density at radius 1 is 0.385 bits per heavy atom. The van der Waals surface area contributed by atoms with Crippen molar-refractivity contribution in [2.75, 3.05) is 119 Å². The van der Waals surface area contributed by atoms with E-state index in [2.05, 4.69) is 155 Å². The van der Waals surface area contributed by atoms with Crippen LogP contribution in [-0.4, -0.2) is 368 Å². The van der Waals surface area contributed by atoms with E-state index in [0.717, 1.165) is 39.9 Å². The van der Waals surface area contributed by atoms with Crippen molar-refractivity contribution in [1.29, 1.82) is 0 Å². The van der Waals surface area contributed by atoms with Crippen molar-refractivity contribution in [3.05, 3.63) is 141 Å². The SMILES string of the molecule is C=P(C)(C)CC[C@H]1O[C@@H](n2cc(CC(C)=O)c(=O)[nH]c2=O)[C@H](O)[C@@H]1O.C=P(C)(C)CC[C@H]1O[C@@H](n2cc(CC(C)=O)c(=O)[nH]c2=S)[C@H](O)[C@@H]1O.C=P(C)(C)CC[C@H]1O[C@@H](n2cc(CNC)c(=O)[nH]c2=O)[C@H](O)[C@@H]1O.C=P(C)(C)CC[C@H]1O[C@@H](n2cc(CNC)c(=O)[nH]c2=S)[C@H](O)[C@@H]1O.C=P(C)(C)CC[C@H]1O[C@@H](n2cc(CNC)c(=O)nc2[Se])[C@H](O)[C@@H]1O. The van der Waals surface area contributed by atoms with E-state index in [4.69, 9.17) is 48.1 Å². The fourth-order valence-electron chi connectivity index (χ4n) is 13.6. The number of hydrogen-bond donors (Lipinski definition) is 17. The van der Waals surface area contributed by atoms with Crippen LogP contribution >= 0.6 is 58.9 Å². The molecule has 5 aromatic heterocycles. The summed E-state index contributed by atoms with van der Waals surface area (Å²) >= 11 is 13.1. The van der Waals surface area contributed by atoms with Crippen molar-refractivity contribution in [3.8, 4) is 0 Å². The van der Waals surface area contributed by atoms with Crippen LogP contribution in [0.2, 0.25) is 0 Å². The van der Waals surface area contributed by atoms with Gasteiger partial charge in [0, 0.05) is 73.0 Å². The van der Waals surface area contributed by atoms with Crippen LogP contribution in [0.25, 0.3) is 0 Å². The van der Waals surface area contributed by atoms with Gasteiger partial charge >= 0.3 is 161 Å². The van der Waals surface area contributed by atoms with Crippen LogP contribution in [-0.2, 0) is 65.7 Å². The molecule has 45 heteroatoms. The monoisotopic (exact) mass is 1920 g/mol. The summed E-state index contributed by atoms with van der Waals surface area (Å²) in [4.78, 5) is 119. The first-order valence-corrected chi connectivity index (χ1v) is 56.4. The molecule has 37 nitrogen and oxygen atoms in total. The van der Waals surface area contributed by atoms with Crippen LogP contribution in [0.15, 0.2) is 64.5 Å². The number of aromatic amines is 4. The number of Topliss-reactive ketones (excluding diaryl/α,β-unsaturated/α-hetero) is 2. The zero-order valence-electron chi connectivity index (χ0n) is 71.9. The van der Waals surface area contributed by atoms with E-state index in [1.54, 1.807) is 38.1 Å². The molecule has 5 aromatic rings. The van der Waals surface area contributed by atoms with E-state index >= 15 is 0 Å². The molecule has 5 aliphatic rings. The fourth-order valence-corrected chi connectivity index (χ4v) is 19.4. The van der Waals surface area contributed by atoms with Crippen LogP contribution in [0.4, 0.5) is 0 Å². The summed E-state index contributed by atoms with van der Waals surface area (Å²) in [5, 5.41) is 112. The minimum atomic E-state index is -1.32. The molecule has 0 bridgehead atoms. The molecule has 10 rings (SSSR count). The Balaban J connectivity index is 0.000000236. The number of aliphatic hydroxyl groups is 10. The second-order valence-corrected chi connectivity index (χ2v) is 58.0. The molecule has 0 saturated carbocycles. The van der Waals surface area contributed by atoms with Gasteiger partial charge in [0.25, 0.3) is 22.2 Å². The number of carbonyl (C=O) groups excluding carboxylic acids is 2.